The van der Waals surface area contributed by atoms with Crippen molar-refractivity contribution in [2.45, 2.75) is 39.3 Å². The van der Waals surface area contributed by atoms with Crippen LogP contribution in [-0.4, -0.2) is 30.6 Å². The Labute approximate surface area is 105 Å². The van der Waals surface area contributed by atoms with E-state index in [0.29, 0.717) is 12.1 Å². The second-order valence-electron chi connectivity index (χ2n) is 5.18. The van der Waals surface area contributed by atoms with Gasteiger partial charge < -0.3 is 5.32 Å². The van der Waals surface area contributed by atoms with Gasteiger partial charge in [0.1, 0.15) is 0 Å². The predicted octanol–water partition coefficient (Wildman–Crippen LogP) is 2.74. The van der Waals surface area contributed by atoms with E-state index in [1.165, 1.54) is 17.5 Å². The fourth-order valence-electron chi connectivity index (χ4n) is 2.74. The minimum atomic E-state index is 0.583. The zero-order valence-corrected chi connectivity index (χ0v) is 11.2. The van der Waals surface area contributed by atoms with Crippen molar-refractivity contribution in [2.75, 3.05) is 19.6 Å². The molecule has 2 atom stereocenters. The number of nitrogens with zero attached hydrogens (tertiary/aromatic N) is 1. The minimum absolute atomic E-state index is 0.583. The van der Waals surface area contributed by atoms with Crippen LogP contribution in [0, 0.1) is 6.92 Å². The molecule has 1 aliphatic heterocycles. The molecule has 0 aromatic heterocycles. The average molecular weight is 232 g/mol. The molecule has 17 heavy (non-hydrogen) atoms. The van der Waals surface area contributed by atoms with Gasteiger partial charge in [0.15, 0.2) is 0 Å². The molecule has 2 unspecified atom stereocenters. The van der Waals surface area contributed by atoms with E-state index in [1.807, 2.05) is 0 Å². The van der Waals surface area contributed by atoms with Gasteiger partial charge in [0, 0.05) is 31.7 Å². The molecular formula is C15H24N2. The molecule has 1 N–H and O–H groups in total. The Kier molecular flexibility index (Phi) is 4.19. The highest BCUT2D eigenvalue weighted by Crippen LogP contribution is 2.25. The van der Waals surface area contributed by atoms with E-state index in [-0.39, 0.29) is 0 Å². The van der Waals surface area contributed by atoms with Gasteiger partial charge in [0.25, 0.3) is 0 Å². The van der Waals surface area contributed by atoms with Crippen LogP contribution in [0.5, 0.6) is 0 Å². The number of hydrogen-bond acceptors (Lipinski definition) is 2. The highest BCUT2D eigenvalue weighted by Gasteiger charge is 2.23. The predicted molar refractivity (Wildman–Crippen MR) is 73.2 cm³/mol. The molecule has 0 saturated carbocycles. The summed E-state index contributed by atoms with van der Waals surface area (Å²) in [4.78, 5) is 2.62. The van der Waals surface area contributed by atoms with Crippen LogP contribution in [-0.2, 0) is 0 Å². The quantitative estimate of drug-likeness (QED) is 0.862. The smallest absolute Gasteiger partial charge is 0.0346 e. The molecular weight excluding hydrogens is 208 g/mol. The summed E-state index contributed by atoms with van der Waals surface area (Å²) >= 11 is 0. The van der Waals surface area contributed by atoms with Crippen LogP contribution in [0.3, 0.4) is 0 Å². The molecule has 94 valence electrons. The molecule has 1 saturated heterocycles. The third kappa shape index (κ3) is 3.08. The molecule has 1 fully saturated rings. The van der Waals surface area contributed by atoms with E-state index in [9.17, 15) is 0 Å². The number of benzene rings is 1. The summed E-state index contributed by atoms with van der Waals surface area (Å²) in [5.41, 5.74) is 2.81. The first-order chi connectivity index (χ1) is 8.20. The molecule has 0 radical (unpaired) electrons. The first-order valence-corrected chi connectivity index (χ1v) is 6.74. The molecule has 0 amide bonds. The Bertz CT molecular complexity index is 344. The summed E-state index contributed by atoms with van der Waals surface area (Å²) in [6, 6.07) is 10.2. The van der Waals surface area contributed by atoms with E-state index in [4.69, 9.17) is 0 Å². The maximum atomic E-state index is 3.51. The number of hydrogen-bond donors (Lipinski definition) is 1. The van der Waals surface area contributed by atoms with Gasteiger partial charge in [-0.1, -0.05) is 36.8 Å². The first kappa shape index (κ1) is 12.6. The SMILES string of the molecule is CCC(c1ccc(C)cc1)N1CCNC(C)C1. The summed E-state index contributed by atoms with van der Waals surface area (Å²) in [5, 5.41) is 3.51. The summed E-state index contributed by atoms with van der Waals surface area (Å²) in [7, 11) is 0. The van der Waals surface area contributed by atoms with Gasteiger partial charge in [0.05, 0.1) is 0 Å². The topological polar surface area (TPSA) is 15.3 Å². The molecule has 1 aromatic carbocycles. The van der Waals surface area contributed by atoms with Crippen molar-refractivity contribution in [3.05, 3.63) is 35.4 Å². The Morgan fingerprint density at radius 1 is 1.35 bits per heavy atom. The second kappa shape index (κ2) is 5.65. The molecule has 2 nitrogen and oxygen atoms in total. The highest BCUT2D eigenvalue weighted by molar-refractivity contribution is 5.24. The Morgan fingerprint density at radius 2 is 2.06 bits per heavy atom. The zero-order chi connectivity index (χ0) is 12.3. The van der Waals surface area contributed by atoms with Crippen LogP contribution in [0.4, 0.5) is 0 Å². The monoisotopic (exact) mass is 232 g/mol. The molecule has 1 heterocycles. The van der Waals surface area contributed by atoms with Crippen molar-refractivity contribution < 1.29 is 0 Å². The molecule has 0 spiro atoms. The third-order valence-electron chi connectivity index (χ3n) is 3.69. The van der Waals surface area contributed by atoms with Crippen molar-refractivity contribution in [3.63, 3.8) is 0 Å². The van der Waals surface area contributed by atoms with Crippen LogP contribution in [0.15, 0.2) is 24.3 Å². The first-order valence-electron chi connectivity index (χ1n) is 6.74. The maximum absolute atomic E-state index is 3.51. The van der Waals surface area contributed by atoms with Gasteiger partial charge in [-0.2, -0.15) is 0 Å². The van der Waals surface area contributed by atoms with Gasteiger partial charge in [-0.05, 0) is 25.8 Å². The van der Waals surface area contributed by atoms with Crippen LogP contribution in [0.2, 0.25) is 0 Å². The summed E-state index contributed by atoms with van der Waals surface area (Å²) in [5.74, 6) is 0. The van der Waals surface area contributed by atoms with Gasteiger partial charge in [0.2, 0.25) is 0 Å². The fourth-order valence-corrected chi connectivity index (χ4v) is 2.74. The maximum Gasteiger partial charge on any atom is 0.0346 e. The Balaban J connectivity index is 2.12. The van der Waals surface area contributed by atoms with Crippen molar-refractivity contribution in [1.82, 2.24) is 10.2 Å². The molecule has 2 heteroatoms. The lowest BCUT2D eigenvalue weighted by molar-refractivity contribution is 0.145. The number of aryl methyl sites for hydroxylation is 1. The molecule has 0 aliphatic carbocycles. The number of piperazine rings is 1. The lowest BCUT2D eigenvalue weighted by atomic mass is 10.00. The van der Waals surface area contributed by atoms with Gasteiger partial charge in [-0.15, -0.1) is 0 Å². The molecule has 1 aromatic rings. The van der Waals surface area contributed by atoms with E-state index in [1.54, 1.807) is 0 Å². The molecule has 2 rings (SSSR count). The minimum Gasteiger partial charge on any atom is -0.312 e. The average Bonchev–Trinajstić information content (AvgIpc) is 2.33. The van der Waals surface area contributed by atoms with Crippen LogP contribution in [0.1, 0.15) is 37.4 Å². The lowest BCUT2D eigenvalue weighted by Gasteiger charge is -2.37. The van der Waals surface area contributed by atoms with Crippen LogP contribution < -0.4 is 5.32 Å². The lowest BCUT2D eigenvalue weighted by Crippen LogP contribution is -2.50. The Morgan fingerprint density at radius 3 is 2.65 bits per heavy atom. The third-order valence-corrected chi connectivity index (χ3v) is 3.69. The largest absolute Gasteiger partial charge is 0.312 e. The van der Waals surface area contributed by atoms with E-state index in [0.717, 1.165) is 19.6 Å². The highest BCUT2D eigenvalue weighted by atomic mass is 15.2. The normalized spacial score (nSPS) is 23.6. The summed E-state index contributed by atoms with van der Waals surface area (Å²) < 4.78 is 0. The Hall–Kier alpha value is -0.860. The zero-order valence-electron chi connectivity index (χ0n) is 11.2. The summed E-state index contributed by atoms with van der Waals surface area (Å²) in [6.07, 6.45) is 1.19. The van der Waals surface area contributed by atoms with E-state index in [2.05, 4.69) is 55.3 Å². The molecule has 0 bridgehead atoms. The second-order valence-corrected chi connectivity index (χ2v) is 5.18. The van der Waals surface area contributed by atoms with Crippen molar-refractivity contribution in [1.29, 1.82) is 0 Å². The van der Waals surface area contributed by atoms with Crippen molar-refractivity contribution in [3.8, 4) is 0 Å². The standard InChI is InChI=1S/C15H24N2/c1-4-15(14-7-5-12(2)6-8-14)17-10-9-16-13(3)11-17/h5-8,13,15-16H,4,9-11H2,1-3H3. The number of nitrogens with one attached hydrogen (secondary N) is 1. The van der Waals surface area contributed by atoms with Crippen molar-refractivity contribution in [2.24, 2.45) is 0 Å². The summed E-state index contributed by atoms with van der Waals surface area (Å²) in [6.45, 7) is 10.1. The van der Waals surface area contributed by atoms with Gasteiger partial charge in [-0.25, -0.2) is 0 Å². The number of rotatable bonds is 3. The van der Waals surface area contributed by atoms with Crippen molar-refractivity contribution >= 4 is 0 Å². The van der Waals surface area contributed by atoms with Gasteiger partial charge >= 0.3 is 0 Å². The van der Waals surface area contributed by atoms with Crippen LogP contribution in [0.25, 0.3) is 0 Å². The van der Waals surface area contributed by atoms with Crippen LogP contribution >= 0.6 is 0 Å². The van der Waals surface area contributed by atoms with E-state index >= 15 is 0 Å². The van der Waals surface area contributed by atoms with E-state index < -0.39 is 0 Å². The van der Waals surface area contributed by atoms with Gasteiger partial charge in [-0.3, -0.25) is 4.90 Å². The fraction of sp³-hybridized carbons (Fsp3) is 0.600. The molecule has 1 aliphatic rings.